The van der Waals surface area contributed by atoms with E-state index in [0.29, 0.717) is 29.2 Å². The number of benzene rings is 2. The summed E-state index contributed by atoms with van der Waals surface area (Å²) in [5, 5.41) is 2.79. The summed E-state index contributed by atoms with van der Waals surface area (Å²) in [6.45, 7) is 3.91. The number of rotatable bonds is 7. The first-order valence-electron chi connectivity index (χ1n) is 9.57. The average Bonchev–Trinajstić information content (AvgIpc) is 2.75. The molecule has 0 aromatic heterocycles. The lowest BCUT2D eigenvalue weighted by molar-refractivity contribution is -0.118. The molecule has 0 saturated carbocycles. The molecule has 0 spiro atoms. The van der Waals surface area contributed by atoms with Crippen molar-refractivity contribution in [2.24, 2.45) is 4.99 Å². The van der Waals surface area contributed by atoms with Crippen LogP contribution in [-0.4, -0.2) is 40.2 Å². The summed E-state index contributed by atoms with van der Waals surface area (Å²) >= 11 is 0. The molecule has 3 rings (SSSR count). The van der Waals surface area contributed by atoms with E-state index in [1.54, 1.807) is 43.3 Å². The van der Waals surface area contributed by atoms with Crippen molar-refractivity contribution in [1.29, 1.82) is 0 Å². The van der Waals surface area contributed by atoms with Crippen LogP contribution in [0.25, 0.3) is 0 Å². The van der Waals surface area contributed by atoms with Gasteiger partial charge in [0.2, 0.25) is 5.91 Å². The van der Waals surface area contributed by atoms with E-state index in [9.17, 15) is 13.2 Å². The Balaban J connectivity index is 1.99. The molecule has 0 radical (unpaired) electrons. The van der Waals surface area contributed by atoms with Gasteiger partial charge in [-0.2, -0.15) is 0 Å². The summed E-state index contributed by atoms with van der Waals surface area (Å²) in [4.78, 5) is 17.3. The van der Waals surface area contributed by atoms with E-state index in [2.05, 4.69) is 10.3 Å². The Labute approximate surface area is 177 Å². The smallest absolute Gasteiger partial charge is 0.264 e. The number of dihydropyridines is 1. The van der Waals surface area contributed by atoms with Crippen molar-refractivity contribution in [3.05, 3.63) is 65.9 Å². The number of carbonyl (C=O) groups excluding carboxylic acids is 1. The predicted molar refractivity (Wildman–Crippen MR) is 118 cm³/mol. The largest absolute Gasteiger partial charge is 0.497 e. The molecule has 0 fully saturated rings. The van der Waals surface area contributed by atoms with Crippen LogP contribution in [0.1, 0.15) is 18.9 Å². The van der Waals surface area contributed by atoms with Gasteiger partial charge in [-0.05, 0) is 44.0 Å². The van der Waals surface area contributed by atoms with Crippen LogP contribution in [0.3, 0.4) is 0 Å². The van der Waals surface area contributed by atoms with Gasteiger partial charge >= 0.3 is 0 Å². The molecule has 2 aromatic rings. The van der Waals surface area contributed by atoms with Crippen molar-refractivity contribution < 1.29 is 17.9 Å². The van der Waals surface area contributed by atoms with Gasteiger partial charge in [0.25, 0.3) is 10.0 Å². The highest BCUT2D eigenvalue weighted by Gasteiger charge is 2.29. The maximum atomic E-state index is 13.4. The van der Waals surface area contributed by atoms with E-state index in [1.165, 1.54) is 19.2 Å². The van der Waals surface area contributed by atoms with Crippen LogP contribution in [0, 0.1) is 6.92 Å². The van der Waals surface area contributed by atoms with Crippen molar-refractivity contribution >= 4 is 27.3 Å². The molecule has 30 heavy (non-hydrogen) atoms. The van der Waals surface area contributed by atoms with Gasteiger partial charge in [-0.1, -0.05) is 30.3 Å². The second-order valence-corrected chi connectivity index (χ2v) is 8.76. The van der Waals surface area contributed by atoms with Gasteiger partial charge in [-0.3, -0.25) is 14.1 Å². The van der Waals surface area contributed by atoms with Gasteiger partial charge in [0.1, 0.15) is 12.3 Å². The standard InChI is InChI=1S/C22H25N3O4S/c1-16-11-12-18(29-3)14-21(16)25(30(27,28)19-8-5-4-6-9-19)15-22(26)24-20-10-7-13-23-17(20)2/h4-6,8-12,14H,7,13,15H2,1-3H3,(H,24,26). The number of nitrogens with zero attached hydrogens (tertiary/aromatic N) is 2. The first kappa shape index (κ1) is 21.6. The topological polar surface area (TPSA) is 88.1 Å². The molecule has 8 heteroatoms. The maximum Gasteiger partial charge on any atom is 0.264 e. The number of ether oxygens (including phenoxy) is 1. The van der Waals surface area contributed by atoms with Crippen LogP contribution >= 0.6 is 0 Å². The molecule has 2 aromatic carbocycles. The van der Waals surface area contributed by atoms with Gasteiger partial charge in [-0.25, -0.2) is 8.42 Å². The third kappa shape index (κ3) is 4.71. The second-order valence-electron chi connectivity index (χ2n) is 6.90. The summed E-state index contributed by atoms with van der Waals surface area (Å²) < 4.78 is 33.3. The molecule has 0 bridgehead atoms. The van der Waals surface area contributed by atoms with Crippen molar-refractivity contribution in [1.82, 2.24) is 5.32 Å². The minimum atomic E-state index is -3.98. The highest BCUT2D eigenvalue weighted by Crippen LogP contribution is 2.30. The number of aryl methyl sites for hydroxylation is 1. The molecule has 0 atom stereocenters. The molecule has 0 unspecified atom stereocenters. The number of aliphatic imine (C=N–C) groups is 1. The Morgan fingerprint density at radius 3 is 2.57 bits per heavy atom. The average molecular weight is 428 g/mol. The fourth-order valence-corrected chi connectivity index (χ4v) is 4.64. The van der Waals surface area contributed by atoms with E-state index >= 15 is 0 Å². The Morgan fingerprint density at radius 2 is 1.90 bits per heavy atom. The number of anilines is 1. The lowest BCUT2D eigenvalue weighted by Gasteiger charge is -2.26. The molecule has 1 aliphatic rings. The van der Waals surface area contributed by atoms with Gasteiger partial charge in [0, 0.05) is 12.6 Å². The number of carbonyl (C=O) groups is 1. The molecule has 158 valence electrons. The van der Waals surface area contributed by atoms with E-state index in [4.69, 9.17) is 4.74 Å². The monoisotopic (exact) mass is 427 g/mol. The van der Waals surface area contributed by atoms with Crippen LogP contribution in [0.2, 0.25) is 0 Å². The minimum absolute atomic E-state index is 0.106. The molecular weight excluding hydrogens is 402 g/mol. The lowest BCUT2D eigenvalue weighted by Crippen LogP contribution is -2.42. The number of amides is 1. The summed E-state index contributed by atoms with van der Waals surface area (Å²) in [5.74, 6) is 0.0571. The summed E-state index contributed by atoms with van der Waals surface area (Å²) in [6, 6.07) is 13.2. The normalized spacial score (nSPS) is 13.8. The van der Waals surface area contributed by atoms with Crippen LogP contribution in [-0.2, 0) is 14.8 Å². The number of hydrogen-bond donors (Lipinski definition) is 1. The first-order valence-corrected chi connectivity index (χ1v) is 11.0. The fraction of sp³-hybridized carbons (Fsp3) is 0.273. The van der Waals surface area contributed by atoms with Crippen molar-refractivity contribution in [2.75, 3.05) is 24.5 Å². The fourth-order valence-electron chi connectivity index (χ4n) is 3.14. The highest BCUT2D eigenvalue weighted by molar-refractivity contribution is 7.92. The number of sulfonamides is 1. The van der Waals surface area contributed by atoms with E-state index in [0.717, 1.165) is 16.4 Å². The molecule has 0 saturated heterocycles. The van der Waals surface area contributed by atoms with Crippen LogP contribution in [0.5, 0.6) is 5.75 Å². The number of methoxy groups -OCH3 is 1. The van der Waals surface area contributed by atoms with Gasteiger partial charge in [0.05, 0.1) is 29.1 Å². The zero-order valence-corrected chi connectivity index (χ0v) is 18.1. The molecule has 1 amide bonds. The predicted octanol–water partition coefficient (Wildman–Crippen LogP) is 3.06. The number of allylic oxidation sites excluding steroid dienone is 1. The summed E-state index contributed by atoms with van der Waals surface area (Å²) in [7, 11) is -2.47. The van der Waals surface area contributed by atoms with Crippen molar-refractivity contribution in [3.8, 4) is 5.75 Å². The Morgan fingerprint density at radius 1 is 1.17 bits per heavy atom. The highest BCUT2D eigenvalue weighted by atomic mass is 32.2. The Hall–Kier alpha value is -3.13. The molecule has 1 N–H and O–H groups in total. The molecule has 7 nitrogen and oxygen atoms in total. The molecule has 1 aliphatic heterocycles. The maximum absolute atomic E-state index is 13.4. The van der Waals surface area contributed by atoms with Crippen LogP contribution in [0.4, 0.5) is 5.69 Å². The SMILES string of the molecule is COc1ccc(C)c(N(CC(=O)NC2=CCCN=C2C)S(=O)(=O)c2ccccc2)c1. The van der Waals surface area contributed by atoms with Gasteiger partial charge < -0.3 is 10.1 Å². The van der Waals surface area contributed by atoms with Gasteiger partial charge in [0.15, 0.2) is 0 Å². The zero-order valence-electron chi connectivity index (χ0n) is 17.3. The minimum Gasteiger partial charge on any atom is -0.497 e. The molecule has 1 heterocycles. The summed E-state index contributed by atoms with van der Waals surface area (Å²) in [5.41, 5.74) is 2.43. The molecular formula is C22H25N3O4S. The quantitative estimate of drug-likeness (QED) is 0.736. The number of hydrogen-bond acceptors (Lipinski definition) is 5. The Bertz CT molecular complexity index is 1090. The zero-order chi connectivity index (χ0) is 21.7. The van der Waals surface area contributed by atoms with Crippen molar-refractivity contribution in [2.45, 2.75) is 25.2 Å². The third-order valence-electron chi connectivity index (χ3n) is 4.79. The summed E-state index contributed by atoms with van der Waals surface area (Å²) in [6.07, 6.45) is 2.63. The van der Waals surface area contributed by atoms with Gasteiger partial charge in [-0.15, -0.1) is 0 Å². The third-order valence-corrected chi connectivity index (χ3v) is 6.57. The Kier molecular flexibility index (Phi) is 6.56. The van der Waals surface area contributed by atoms with Crippen molar-refractivity contribution in [3.63, 3.8) is 0 Å². The van der Waals surface area contributed by atoms with E-state index in [-0.39, 0.29) is 11.4 Å². The van der Waals surface area contributed by atoms with E-state index < -0.39 is 15.9 Å². The van der Waals surface area contributed by atoms with E-state index in [1.807, 2.05) is 13.0 Å². The van der Waals surface area contributed by atoms with Crippen LogP contribution in [0.15, 0.2) is 70.2 Å². The number of nitrogens with one attached hydrogen (secondary N) is 1. The molecule has 0 aliphatic carbocycles. The second kappa shape index (κ2) is 9.13. The lowest BCUT2D eigenvalue weighted by atomic mass is 10.2. The first-order chi connectivity index (χ1) is 14.3. The van der Waals surface area contributed by atoms with Crippen LogP contribution < -0.4 is 14.4 Å².